The van der Waals surface area contributed by atoms with Gasteiger partial charge in [0.25, 0.3) is 0 Å². The fourth-order valence-electron chi connectivity index (χ4n) is 7.61. The maximum atomic E-state index is 12.7. The minimum atomic E-state index is -0.0983. The smallest absolute Gasteiger partial charge is 0.220 e. The monoisotopic (exact) mass is 693 g/mol. The van der Waals surface area contributed by atoms with Gasteiger partial charge in [0.15, 0.2) is 0 Å². The van der Waals surface area contributed by atoms with Gasteiger partial charge in [-0.05, 0) is 57.3 Å². The van der Waals surface area contributed by atoms with E-state index >= 15 is 0 Å². The Morgan fingerprint density at radius 2 is 0.878 bits per heavy atom. The van der Waals surface area contributed by atoms with Crippen LogP contribution in [0.4, 0.5) is 0 Å². The molecule has 6 nitrogen and oxygen atoms in total. The van der Waals surface area contributed by atoms with Crippen molar-refractivity contribution < 1.29 is 19.8 Å². The molecule has 0 spiro atoms. The van der Waals surface area contributed by atoms with Crippen molar-refractivity contribution in [3.05, 3.63) is 0 Å². The maximum Gasteiger partial charge on any atom is 0.220 e. The molecule has 6 heteroatoms. The van der Waals surface area contributed by atoms with Crippen molar-refractivity contribution >= 4 is 11.8 Å². The zero-order chi connectivity index (χ0) is 35.6. The minimum absolute atomic E-state index is 0.0982. The van der Waals surface area contributed by atoms with Crippen molar-refractivity contribution in [2.75, 3.05) is 6.54 Å². The second-order valence-electron chi connectivity index (χ2n) is 15.8. The first kappa shape index (κ1) is 45.9. The Morgan fingerprint density at radius 3 is 1.33 bits per heavy atom. The molecule has 49 heavy (non-hydrogen) atoms. The Kier molecular flexibility index (Phi) is 31.8. The third-order valence-electron chi connectivity index (χ3n) is 11.0. The van der Waals surface area contributed by atoms with Crippen LogP contribution in [0.2, 0.25) is 0 Å². The number of carbonyl (C=O) groups is 2. The SMILES string of the molecule is CCCCCCC(O)CCCCCCCCCCC(=O)NCC1CCCC[C@@H]1NC(=O)CCCCCCCCCCC(O)CCCCCC. The molecule has 1 saturated carbocycles. The van der Waals surface area contributed by atoms with Gasteiger partial charge in [0.2, 0.25) is 11.8 Å². The molecular formula is C43H84N2O4. The molecule has 0 heterocycles. The van der Waals surface area contributed by atoms with E-state index in [1.165, 1.54) is 122 Å². The van der Waals surface area contributed by atoms with Crippen LogP contribution in [0.25, 0.3) is 0 Å². The van der Waals surface area contributed by atoms with E-state index in [1.54, 1.807) is 0 Å². The number of rotatable bonds is 35. The topological polar surface area (TPSA) is 98.7 Å². The fraction of sp³-hybridized carbons (Fsp3) is 0.953. The molecule has 0 radical (unpaired) electrons. The summed E-state index contributed by atoms with van der Waals surface area (Å²) in [7, 11) is 0. The van der Waals surface area contributed by atoms with Gasteiger partial charge in [-0.25, -0.2) is 0 Å². The Balaban J connectivity index is 1.98. The summed E-state index contributed by atoms with van der Waals surface area (Å²) < 4.78 is 0. The molecule has 4 atom stereocenters. The predicted octanol–water partition coefficient (Wildman–Crippen LogP) is 11.2. The zero-order valence-electron chi connectivity index (χ0n) is 32.8. The molecule has 290 valence electrons. The molecule has 1 aliphatic rings. The maximum absolute atomic E-state index is 12.7. The molecule has 3 unspecified atom stereocenters. The lowest BCUT2D eigenvalue weighted by molar-refractivity contribution is -0.122. The summed E-state index contributed by atoms with van der Waals surface area (Å²) in [4.78, 5) is 25.2. The van der Waals surface area contributed by atoms with E-state index in [0.29, 0.717) is 25.3 Å². The van der Waals surface area contributed by atoms with Gasteiger partial charge in [0.1, 0.15) is 0 Å². The Labute approximate surface area is 304 Å². The first-order valence-corrected chi connectivity index (χ1v) is 21.9. The first-order valence-electron chi connectivity index (χ1n) is 21.9. The third kappa shape index (κ3) is 29.2. The van der Waals surface area contributed by atoms with Crippen molar-refractivity contribution in [2.24, 2.45) is 5.92 Å². The van der Waals surface area contributed by atoms with Crippen LogP contribution in [-0.2, 0) is 9.59 Å². The van der Waals surface area contributed by atoms with Crippen LogP contribution in [0, 0.1) is 5.92 Å². The van der Waals surface area contributed by atoms with Crippen molar-refractivity contribution in [2.45, 2.75) is 250 Å². The van der Waals surface area contributed by atoms with E-state index < -0.39 is 0 Å². The standard InChI is InChI=1S/C43H84N2O4/c1-3-5-7-21-30-39(46)32-23-17-13-9-11-15-19-25-35-42(48)44-37-38-29-27-28-34-41(38)45-43(49)36-26-20-16-12-10-14-18-24-33-40(47)31-22-8-6-4-2/h38-41,46-47H,3-37H2,1-2H3,(H,44,48)(H,45,49)/t38?,39?,40?,41-/m0/s1. The second-order valence-corrected chi connectivity index (χ2v) is 15.8. The van der Waals surface area contributed by atoms with Gasteiger partial charge in [-0.15, -0.1) is 0 Å². The van der Waals surface area contributed by atoms with Crippen LogP contribution in [0.15, 0.2) is 0 Å². The zero-order valence-corrected chi connectivity index (χ0v) is 32.8. The van der Waals surface area contributed by atoms with Gasteiger partial charge in [-0.2, -0.15) is 0 Å². The highest BCUT2D eigenvalue weighted by atomic mass is 16.3. The van der Waals surface area contributed by atoms with Gasteiger partial charge < -0.3 is 20.8 Å². The summed E-state index contributed by atoms with van der Waals surface area (Å²) >= 11 is 0. The van der Waals surface area contributed by atoms with Crippen LogP contribution in [0.5, 0.6) is 0 Å². The van der Waals surface area contributed by atoms with E-state index in [0.717, 1.165) is 83.5 Å². The minimum Gasteiger partial charge on any atom is -0.393 e. The van der Waals surface area contributed by atoms with Crippen molar-refractivity contribution in [1.82, 2.24) is 10.6 Å². The van der Waals surface area contributed by atoms with E-state index in [1.807, 2.05) is 0 Å². The second kappa shape index (κ2) is 34.0. The van der Waals surface area contributed by atoms with Crippen molar-refractivity contribution in [1.29, 1.82) is 0 Å². The van der Waals surface area contributed by atoms with Gasteiger partial charge in [-0.1, -0.05) is 168 Å². The summed E-state index contributed by atoms with van der Waals surface area (Å²) in [5.41, 5.74) is 0. The Bertz CT molecular complexity index is 747. The molecular weight excluding hydrogens is 608 g/mol. The molecule has 0 aromatic rings. The third-order valence-corrected chi connectivity index (χ3v) is 11.0. The Hall–Kier alpha value is -1.14. The van der Waals surface area contributed by atoms with Crippen LogP contribution in [0.3, 0.4) is 0 Å². The molecule has 1 aliphatic carbocycles. The largest absolute Gasteiger partial charge is 0.393 e. The molecule has 1 fully saturated rings. The van der Waals surface area contributed by atoms with Gasteiger partial charge in [-0.3, -0.25) is 9.59 Å². The van der Waals surface area contributed by atoms with Crippen LogP contribution in [0.1, 0.15) is 232 Å². The van der Waals surface area contributed by atoms with Crippen LogP contribution < -0.4 is 10.6 Å². The summed E-state index contributed by atoms with van der Waals surface area (Å²) in [6, 6.07) is 0.200. The highest BCUT2D eigenvalue weighted by Gasteiger charge is 2.26. The van der Waals surface area contributed by atoms with E-state index in [-0.39, 0.29) is 30.1 Å². The molecule has 2 amide bonds. The summed E-state index contributed by atoms with van der Waals surface area (Å²) in [6.45, 7) is 5.14. The summed E-state index contributed by atoms with van der Waals surface area (Å²) in [5, 5.41) is 26.7. The highest BCUT2D eigenvalue weighted by Crippen LogP contribution is 2.24. The number of nitrogens with one attached hydrogen (secondary N) is 2. The lowest BCUT2D eigenvalue weighted by atomic mass is 9.84. The number of hydrogen-bond acceptors (Lipinski definition) is 4. The normalized spacial score (nSPS) is 17.6. The van der Waals surface area contributed by atoms with E-state index in [9.17, 15) is 19.8 Å². The number of aliphatic hydroxyl groups is 2. The number of amides is 2. The van der Waals surface area contributed by atoms with Crippen molar-refractivity contribution in [3.63, 3.8) is 0 Å². The fourth-order valence-corrected chi connectivity index (χ4v) is 7.61. The molecule has 0 aliphatic heterocycles. The number of carbonyl (C=O) groups excluding carboxylic acids is 2. The molecule has 0 aromatic carbocycles. The summed E-state index contributed by atoms with van der Waals surface area (Å²) in [5.74, 6) is 0.706. The van der Waals surface area contributed by atoms with E-state index in [4.69, 9.17) is 0 Å². The quantitative estimate of drug-likeness (QED) is 0.0497. The van der Waals surface area contributed by atoms with Gasteiger partial charge in [0.05, 0.1) is 12.2 Å². The highest BCUT2D eigenvalue weighted by molar-refractivity contribution is 5.76. The molecule has 4 N–H and O–H groups in total. The lowest BCUT2D eigenvalue weighted by Crippen LogP contribution is -2.46. The van der Waals surface area contributed by atoms with Gasteiger partial charge >= 0.3 is 0 Å². The predicted molar refractivity (Wildman–Crippen MR) is 209 cm³/mol. The van der Waals surface area contributed by atoms with E-state index in [2.05, 4.69) is 24.5 Å². The Morgan fingerprint density at radius 1 is 0.510 bits per heavy atom. The molecule has 1 rings (SSSR count). The lowest BCUT2D eigenvalue weighted by Gasteiger charge is -2.32. The number of aliphatic hydroxyl groups excluding tert-OH is 2. The molecule has 0 bridgehead atoms. The molecule has 0 saturated heterocycles. The van der Waals surface area contributed by atoms with Crippen molar-refractivity contribution in [3.8, 4) is 0 Å². The van der Waals surface area contributed by atoms with Crippen LogP contribution in [-0.4, -0.2) is 46.8 Å². The van der Waals surface area contributed by atoms with Gasteiger partial charge in [0, 0.05) is 25.4 Å². The average Bonchev–Trinajstić information content (AvgIpc) is 3.09. The van der Waals surface area contributed by atoms with Crippen LogP contribution >= 0.6 is 0 Å². The molecule has 0 aromatic heterocycles. The summed E-state index contributed by atoms with van der Waals surface area (Å²) in [6.07, 6.45) is 38.2. The number of hydrogen-bond donors (Lipinski definition) is 4. The number of unbranched alkanes of at least 4 members (excludes halogenated alkanes) is 20. The first-order chi connectivity index (χ1) is 24.0. The average molecular weight is 693 g/mol.